The Hall–Kier alpha value is -1.65. The summed E-state index contributed by atoms with van der Waals surface area (Å²) in [5.74, 6) is -0.283. The summed E-state index contributed by atoms with van der Waals surface area (Å²) >= 11 is 0. The topological polar surface area (TPSA) is 29.5 Å². The van der Waals surface area contributed by atoms with E-state index in [0.29, 0.717) is 13.1 Å². The van der Waals surface area contributed by atoms with Crippen molar-refractivity contribution in [2.45, 2.75) is 25.9 Å². The summed E-state index contributed by atoms with van der Waals surface area (Å²) in [6.45, 7) is -1.55. The van der Waals surface area contributed by atoms with Crippen LogP contribution >= 0.6 is 0 Å². The van der Waals surface area contributed by atoms with E-state index in [9.17, 15) is 13.6 Å². The zero-order valence-electron chi connectivity index (χ0n) is 9.94. The van der Waals surface area contributed by atoms with Gasteiger partial charge in [0.2, 0.25) is 0 Å². The number of carbonyl (C=O) groups is 1. The van der Waals surface area contributed by atoms with Crippen LogP contribution in [-0.4, -0.2) is 30.5 Å². The molecule has 0 spiro atoms. The smallest absolute Gasteiger partial charge is 0.387 e. The molecule has 1 aliphatic heterocycles. The lowest BCUT2D eigenvalue weighted by molar-refractivity contribution is -0.0503. The van der Waals surface area contributed by atoms with E-state index >= 15 is 0 Å². The maximum atomic E-state index is 12.3. The van der Waals surface area contributed by atoms with Gasteiger partial charge >= 0.3 is 6.61 Å². The van der Waals surface area contributed by atoms with Gasteiger partial charge in [0, 0.05) is 13.1 Å². The first-order valence-corrected chi connectivity index (χ1v) is 6.01. The second kappa shape index (κ2) is 5.80. The van der Waals surface area contributed by atoms with Gasteiger partial charge in [-0.05, 0) is 31.4 Å². The minimum absolute atomic E-state index is 0.0527. The average Bonchev–Trinajstić information content (AvgIpc) is 2.39. The molecule has 3 nitrogen and oxygen atoms in total. The SMILES string of the molecule is O=C(c1ccccc1OC(F)F)N1CCCCC1. The van der Waals surface area contributed by atoms with Gasteiger partial charge in [-0.3, -0.25) is 4.79 Å². The maximum Gasteiger partial charge on any atom is 0.387 e. The van der Waals surface area contributed by atoms with E-state index in [1.165, 1.54) is 12.1 Å². The van der Waals surface area contributed by atoms with E-state index in [1.807, 2.05) is 0 Å². The summed E-state index contributed by atoms with van der Waals surface area (Å²) in [4.78, 5) is 13.9. The van der Waals surface area contributed by atoms with Crippen LogP contribution in [0.25, 0.3) is 0 Å². The summed E-state index contributed by atoms with van der Waals surface area (Å²) in [7, 11) is 0. The molecule has 5 heteroatoms. The number of amides is 1. The molecule has 98 valence electrons. The molecule has 0 atom stereocenters. The van der Waals surface area contributed by atoms with E-state index in [0.717, 1.165) is 19.3 Å². The molecule has 0 bridgehead atoms. The Morgan fingerprint density at radius 2 is 1.83 bits per heavy atom. The molecule has 0 radical (unpaired) electrons. The Labute approximate surface area is 104 Å². The fourth-order valence-electron chi connectivity index (χ4n) is 2.11. The van der Waals surface area contributed by atoms with Crippen LogP contribution < -0.4 is 4.74 Å². The quantitative estimate of drug-likeness (QED) is 0.831. The Morgan fingerprint density at radius 1 is 1.17 bits per heavy atom. The maximum absolute atomic E-state index is 12.3. The predicted octanol–water partition coefficient (Wildman–Crippen LogP) is 2.91. The van der Waals surface area contributed by atoms with Crippen LogP contribution in [0.4, 0.5) is 8.78 Å². The van der Waals surface area contributed by atoms with Crippen molar-refractivity contribution in [1.82, 2.24) is 4.90 Å². The van der Waals surface area contributed by atoms with Crippen molar-refractivity contribution in [3.05, 3.63) is 29.8 Å². The summed E-state index contributed by atoms with van der Waals surface area (Å²) in [6, 6.07) is 6.14. The molecule has 1 fully saturated rings. The third-order valence-corrected chi connectivity index (χ3v) is 2.98. The number of para-hydroxylation sites is 1. The van der Waals surface area contributed by atoms with E-state index in [-0.39, 0.29) is 17.2 Å². The summed E-state index contributed by atoms with van der Waals surface area (Å²) in [5.41, 5.74) is 0.208. The fourth-order valence-corrected chi connectivity index (χ4v) is 2.11. The molecule has 1 aliphatic rings. The average molecular weight is 255 g/mol. The third kappa shape index (κ3) is 2.97. The number of carbonyl (C=O) groups excluding carboxylic acids is 1. The van der Waals surface area contributed by atoms with Crippen LogP contribution in [0.5, 0.6) is 5.75 Å². The van der Waals surface area contributed by atoms with Crippen LogP contribution in [0.2, 0.25) is 0 Å². The van der Waals surface area contributed by atoms with Gasteiger partial charge in [0.25, 0.3) is 5.91 Å². The van der Waals surface area contributed by atoms with Crippen molar-refractivity contribution < 1.29 is 18.3 Å². The zero-order chi connectivity index (χ0) is 13.0. The van der Waals surface area contributed by atoms with Crippen LogP contribution in [-0.2, 0) is 0 Å². The fraction of sp³-hybridized carbons (Fsp3) is 0.462. The highest BCUT2D eigenvalue weighted by molar-refractivity contribution is 5.97. The van der Waals surface area contributed by atoms with E-state index < -0.39 is 6.61 Å². The molecule has 18 heavy (non-hydrogen) atoms. The van der Waals surface area contributed by atoms with Crippen LogP contribution in [0, 0.1) is 0 Å². The van der Waals surface area contributed by atoms with Gasteiger partial charge in [-0.1, -0.05) is 12.1 Å². The van der Waals surface area contributed by atoms with Crippen molar-refractivity contribution in [3.63, 3.8) is 0 Å². The lowest BCUT2D eigenvalue weighted by atomic mass is 10.1. The van der Waals surface area contributed by atoms with Gasteiger partial charge in [-0.25, -0.2) is 0 Å². The highest BCUT2D eigenvalue weighted by atomic mass is 19.3. The van der Waals surface area contributed by atoms with Gasteiger partial charge in [0.15, 0.2) is 0 Å². The molecule has 0 aromatic heterocycles. The minimum Gasteiger partial charge on any atom is -0.434 e. The molecule has 2 rings (SSSR count). The lowest BCUT2D eigenvalue weighted by Gasteiger charge is -2.27. The number of hydrogen-bond donors (Lipinski definition) is 0. The van der Waals surface area contributed by atoms with Gasteiger partial charge in [-0.15, -0.1) is 0 Å². The van der Waals surface area contributed by atoms with E-state index in [4.69, 9.17) is 0 Å². The number of halogens is 2. The number of alkyl halides is 2. The van der Waals surface area contributed by atoms with Crippen LogP contribution in [0.3, 0.4) is 0 Å². The number of benzene rings is 1. The first kappa shape index (κ1) is 12.8. The highest BCUT2D eigenvalue weighted by Crippen LogP contribution is 2.23. The van der Waals surface area contributed by atoms with Crippen LogP contribution in [0.15, 0.2) is 24.3 Å². The largest absolute Gasteiger partial charge is 0.434 e. The van der Waals surface area contributed by atoms with Crippen molar-refractivity contribution in [2.75, 3.05) is 13.1 Å². The monoisotopic (exact) mass is 255 g/mol. The van der Waals surface area contributed by atoms with Crippen molar-refractivity contribution >= 4 is 5.91 Å². The molecule has 1 aromatic rings. The number of ether oxygens (including phenoxy) is 1. The van der Waals surface area contributed by atoms with Gasteiger partial charge in [0.05, 0.1) is 5.56 Å². The molecule has 0 unspecified atom stereocenters. The zero-order valence-corrected chi connectivity index (χ0v) is 9.94. The predicted molar refractivity (Wildman–Crippen MR) is 62.8 cm³/mol. The van der Waals surface area contributed by atoms with Crippen molar-refractivity contribution in [2.24, 2.45) is 0 Å². The molecular weight excluding hydrogens is 240 g/mol. The minimum atomic E-state index is -2.92. The Bertz CT molecular complexity index is 417. The Balaban J connectivity index is 2.18. The van der Waals surface area contributed by atoms with Gasteiger partial charge in [-0.2, -0.15) is 8.78 Å². The molecule has 0 N–H and O–H groups in total. The van der Waals surface area contributed by atoms with Gasteiger partial charge < -0.3 is 9.64 Å². The molecule has 1 aromatic carbocycles. The molecule has 0 saturated carbocycles. The normalized spacial score (nSPS) is 15.8. The number of piperidine rings is 1. The second-order valence-electron chi connectivity index (χ2n) is 4.23. The summed E-state index contributed by atoms with van der Waals surface area (Å²) in [5, 5.41) is 0. The van der Waals surface area contributed by atoms with Crippen molar-refractivity contribution in [1.29, 1.82) is 0 Å². The number of hydrogen-bond acceptors (Lipinski definition) is 2. The first-order valence-electron chi connectivity index (χ1n) is 6.01. The second-order valence-corrected chi connectivity index (χ2v) is 4.23. The number of likely N-dealkylation sites (tertiary alicyclic amines) is 1. The van der Waals surface area contributed by atoms with E-state index in [1.54, 1.807) is 17.0 Å². The molecule has 1 heterocycles. The summed E-state index contributed by atoms with van der Waals surface area (Å²) in [6.07, 6.45) is 3.03. The van der Waals surface area contributed by atoms with E-state index in [2.05, 4.69) is 4.74 Å². The first-order chi connectivity index (χ1) is 8.68. The third-order valence-electron chi connectivity index (χ3n) is 2.98. The van der Waals surface area contributed by atoms with Gasteiger partial charge in [0.1, 0.15) is 5.75 Å². The van der Waals surface area contributed by atoms with Crippen LogP contribution in [0.1, 0.15) is 29.6 Å². The molecular formula is C13H15F2NO2. The number of nitrogens with zero attached hydrogens (tertiary/aromatic N) is 1. The van der Waals surface area contributed by atoms with Crippen molar-refractivity contribution in [3.8, 4) is 5.75 Å². The highest BCUT2D eigenvalue weighted by Gasteiger charge is 2.22. The Kier molecular flexibility index (Phi) is 4.12. The molecule has 0 aliphatic carbocycles. The Morgan fingerprint density at radius 3 is 2.50 bits per heavy atom. The lowest BCUT2D eigenvalue weighted by Crippen LogP contribution is -2.35. The number of rotatable bonds is 3. The molecule has 1 saturated heterocycles. The standard InChI is InChI=1S/C13H15F2NO2/c14-13(15)18-11-7-3-2-6-10(11)12(17)16-8-4-1-5-9-16/h2-3,6-7,13H,1,4-5,8-9H2. The molecule has 1 amide bonds. The summed E-state index contributed by atoms with van der Waals surface area (Å²) < 4.78 is 28.9.